The van der Waals surface area contributed by atoms with Gasteiger partial charge in [0.1, 0.15) is 12.1 Å². The van der Waals surface area contributed by atoms with E-state index in [4.69, 9.17) is 19.3 Å². The number of aromatic amines is 1. The number of esters is 1. The molecule has 0 bridgehead atoms. The molecule has 5 atom stereocenters. The van der Waals surface area contributed by atoms with Crippen LogP contribution in [-0.4, -0.2) is 57.0 Å². The van der Waals surface area contributed by atoms with E-state index in [0.29, 0.717) is 0 Å². The maximum Gasteiger partial charge on any atom is 0.403 e. The fraction of sp³-hybridized carbons (Fsp3) is 0.684. The van der Waals surface area contributed by atoms with Crippen molar-refractivity contribution in [2.45, 2.75) is 65.5 Å². The summed E-state index contributed by atoms with van der Waals surface area (Å²) in [6.07, 6.45) is -2.92. The third-order valence-corrected chi connectivity index (χ3v) is 5.28. The van der Waals surface area contributed by atoms with E-state index in [0.717, 1.165) is 16.8 Å². The van der Waals surface area contributed by atoms with Crippen LogP contribution in [0.15, 0.2) is 21.9 Å². The lowest BCUT2D eigenvalue weighted by atomic mass is 9.99. The van der Waals surface area contributed by atoms with E-state index < -0.39 is 56.0 Å². The Bertz CT molecular complexity index is 992. The molecule has 14 heteroatoms. The van der Waals surface area contributed by atoms with E-state index in [9.17, 15) is 28.9 Å². The summed E-state index contributed by atoms with van der Waals surface area (Å²) in [5.41, 5.74) is -1.78. The van der Waals surface area contributed by atoms with Gasteiger partial charge in [-0.1, -0.05) is 20.8 Å². The molecule has 0 aliphatic heterocycles. The molecule has 0 saturated heterocycles. The fourth-order valence-corrected chi connectivity index (χ4v) is 3.38. The molecular weight excluding hydrogens is 459 g/mol. The number of hydrogen-bond acceptors (Lipinski definition) is 9. The van der Waals surface area contributed by atoms with Gasteiger partial charge in [0.25, 0.3) is 5.56 Å². The molecule has 33 heavy (non-hydrogen) atoms. The molecule has 1 aromatic rings. The van der Waals surface area contributed by atoms with Crippen molar-refractivity contribution < 1.29 is 33.4 Å². The molecule has 0 aliphatic rings. The Morgan fingerprint density at radius 3 is 2.52 bits per heavy atom. The van der Waals surface area contributed by atoms with Gasteiger partial charge in [-0.3, -0.25) is 23.7 Å². The number of hydrogen-bond donors (Lipinski definition) is 4. The molecule has 1 rings (SSSR count). The van der Waals surface area contributed by atoms with E-state index in [2.05, 4.69) is 5.09 Å². The number of rotatable bonds is 12. The monoisotopic (exact) mass is 490 g/mol. The number of H-pyrrole nitrogens is 1. The standard InChI is InChI=1S/C19H31N4O9P/c1-12(17(26)30-11-19(3,4)5)22-33(28,29)31-10-14(13(2)24)32-16(6-8-20)23-9-7-15(25)21-18(23)27/h7,9,12-14,16,24H,6,10-11H2,1-5H3,(H,21,25,27)(H2,22,28,29)/t12-,13-,14+,16+/m0/s1. The zero-order valence-electron chi connectivity index (χ0n) is 19.2. The highest BCUT2D eigenvalue weighted by Crippen LogP contribution is 2.38. The Balaban J connectivity index is 2.83. The zero-order valence-corrected chi connectivity index (χ0v) is 20.1. The van der Waals surface area contributed by atoms with Gasteiger partial charge in [-0.05, 0) is 19.3 Å². The average Bonchev–Trinajstić information content (AvgIpc) is 2.67. The van der Waals surface area contributed by atoms with Crippen molar-refractivity contribution in [3.05, 3.63) is 33.1 Å². The molecule has 0 fully saturated rings. The molecule has 1 heterocycles. The number of nitrogens with zero attached hydrogens (tertiary/aromatic N) is 2. The predicted octanol–water partition coefficient (Wildman–Crippen LogP) is 0.399. The van der Waals surface area contributed by atoms with Crippen molar-refractivity contribution in [3.8, 4) is 6.07 Å². The van der Waals surface area contributed by atoms with Crippen molar-refractivity contribution in [2.75, 3.05) is 13.2 Å². The van der Waals surface area contributed by atoms with E-state index in [1.807, 2.05) is 31.8 Å². The van der Waals surface area contributed by atoms with Gasteiger partial charge in [0.2, 0.25) is 0 Å². The SMILES string of the molecule is C[C@H](NP(=O)(O)OC[C@@H](O[C@H](CC#N)n1ccc(=O)[nH]c1=O)[C@H](C)O)C(=O)OCC(C)(C)C. The number of aliphatic hydroxyl groups excluding tert-OH is 1. The third-order valence-electron chi connectivity index (χ3n) is 4.07. The summed E-state index contributed by atoms with van der Waals surface area (Å²) in [7, 11) is -4.53. The Labute approximate surface area is 190 Å². The summed E-state index contributed by atoms with van der Waals surface area (Å²) in [6, 6.07) is 1.70. The first-order chi connectivity index (χ1) is 15.1. The minimum Gasteiger partial charge on any atom is -0.464 e. The quantitative estimate of drug-likeness (QED) is 0.234. The molecule has 0 saturated carbocycles. The van der Waals surface area contributed by atoms with Crippen LogP contribution in [0.2, 0.25) is 0 Å². The van der Waals surface area contributed by atoms with E-state index in [1.54, 1.807) is 0 Å². The summed E-state index contributed by atoms with van der Waals surface area (Å²) < 4.78 is 28.9. The van der Waals surface area contributed by atoms with Crippen LogP contribution in [0.1, 0.15) is 47.3 Å². The summed E-state index contributed by atoms with van der Waals surface area (Å²) in [5.74, 6) is -0.752. The smallest absolute Gasteiger partial charge is 0.403 e. The molecule has 13 nitrogen and oxygen atoms in total. The topological polar surface area (TPSA) is 193 Å². The largest absolute Gasteiger partial charge is 0.464 e. The van der Waals surface area contributed by atoms with Crippen molar-refractivity contribution in [1.29, 1.82) is 5.26 Å². The van der Waals surface area contributed by atoms with Gasteiger partial charge in [0, 0.05) is 12.3 Å². The number of carbonyl (C=O) groups is 1. The van der Waals surface area contributed by atoms with Crippen LogP contribution >= 0.6 is 7.75 Å². The van der Waals surface area contributed by atoms with Gasteiger partial charge in [-0.15, -0.1) is 0 Å². The summed E-state index contributed by atoms with van der Waals surface area (Å²) in [4.78, 5) is 47.4. The maximum atomic E-state index is 12.4. The normalized spacial score (nSPS) is 17.3. The third kappa shape index (κ3) is 10.4. The Kier molecular flexibility index (Phi) is 10.6. The average molecular weight is 490 g/mol. The van der Waals surface area contributed by atoms with Crippen LogP contribution in [-0.2, 0) is 23.4 Å². The molecule has 1 unspecified atom stereocenters. The molecule has 1 aromatic heterocycles. The van der Waals surface area contributed by atoms with E-state index in [-0.39, 0.29) is 18.4 Å². The molecule has 0 amide bonds. The van der Waals surface area contributed by atoms with Crippen LogP contribution in [0.4, 0.5) is 0 Å². The number of aromatic nitrogens is 2. The van der Waals surface area contributed by atoms with Gasteiger partial charge in [0.05, 0.1) is 31.8 Å². The molecule has 0 aromatic carbocycles. The Morgan fingerprint density at radius 2 is 2.00 bits per heavy atom. The number of carbonyl (C=O) groups excluding carboxylic acids is 1. The lowest BCUT2D eigenvalue weighted by Crippen LogP contribution is -2.39. The fourth-order valence-electron chi connectivity index (χ4n) is 2.36. The van der Waals surface area contributed by atoms with Crippen molar-refractivity contribution in [1.82, 2.24) is 14.6 Å². The second-order valence-corrected chi connectivity index (χ2v) is 10.1. The van der Waals surface area contributed by atoms with E-state index in [1.165, 1.54) is 13.8 Å². The molecule has 4 N–H and O–H groups in total. The first-order valence-corrected chi connectivity index (χ1v) is 11.7. The van der Waals surface area contributed by atoms with E-state index >= 15 is 0 Å². The van der Waals surface area contributed by atoms with Crippen molar-refractivity contribution in [2.24, 2.45) is 5.41 Å². The van der Waals surface area contributed by atoms with Crippen molar-refractivity contribution in [3.63, 3.8) is 0 Å². The number of aliphatic hydroxyl groups is 1. The molecule has 0 radical (unpaired) electrons. The predicted molar refractivity (Wildman–Crippen MR) is 116 cm³/mol. The minimum atomic E-state index is -4.53. The van der Waals surface area contributed by atoms with Crippen molar-refractivity contribution >= 4 is 13.7 Å². The van der Waals surface area contributed by atoms with Gasteiger partial charge < -0.3 is 19.5 Å². The molecule has 186 valence electrons. The highest BCUT2D eigenvalue weighted by Gasteiger charge is 2.31. The Hall–Kier alpha value is -2.33. The second-order valence-electron chi connectivity index (χ2n) is 8.58. The highest BCUT2D eigenvalue weighted by molar-refractivity contribution is 7.50. The Morgan fingerprint density at radius 1 is 1.36 bits per heavy atom. The van der Waals surface area contributed by atoms with Crippen LogP contribution in [0, 0.1) is 16.7 Å². The zero-order chi connectivity index (χ0) is 25.4. The van der Waals surface area contributed by atoms with Crippen LogP contribution in [0.3, 0.4) is 0 Å². The molecule has 0 spiro atoms. The summed E-state index contributed by atoms with van der Waals surface area (Å²) in [5, 5.41) is 21.2. The van der Waals surface area contributed by atoms with Gasteiger partial charge >= 0.3 is 19.4 Å². The highest BCUT2D eigenvalue weighted by atomic mass is 31.2. The first kappa shape index (κ1) is 28.7. The number of nitriles is 1. The van der Waals surface area contributed by atoms with Gasteiger partial charge in [-0.25, -0.2) is 14.4 Å². The molecular formula is C19H31N4O9P. The number of ether oxygens (including phenoxy) is 2. The second kappa shape index (κ2) is 12.2. The van der Waals surface area contributed by atoms with Crippen LogP contribution in [0.25, 0.3) is 0 Å². The molecule has 0 aliphatic carbocycles. The first-order valence-electron chi connectivity index (χ1n) is 10.1. The van der Waals surface area contributed by atoms with Crippen LogP contribution < -0.4 is 16.3 Å². The van der Waals surface area contributed by atoms with Gasteiger partial charge in [0.15, 0.2) is 6.23 Å². The maximum absolute atomic E-state index is 12.4. The summed E-state index contributed by atoms with van der Waals surface area (Å²) >= 11 is 0. The van der Waals surface area contributed by atoms with Crippen LogP contribution in [0.5, 0.6) is 0 Å². The lowest BCUT2D eigenvalue weighted by molar-refractivity contribution is -0.148. The minimum absolute atomic E-state index is 0.108. The van der Waals surface area contributed by atoms with Gasteiger partial charge in [-0.2, -0.15) is 5.26 Å². The number of nitrogens with one attached hydrogen (secondary N) is 2. The summed E-state index contributed by atoms with van der Waals surface area (Å²) in [6.45, 7) is 7.69. The lowest BCUT2D eigenvalue weighted by Gasteiger charge is -2.27.